The Balaban J connectivity index is 1.43. The Hall–Kier alpha value is -2.50. The number of aromatic nitrogens is 1. The van der Waals surface area contributed by atoms with E-state index in [2.05, 4.69) is 54.9 Å². The van der Waals surface area contributed by atoms with E-state index >= 15 is 0 Å². The predicted octanol–water partition coefficient (Wildman–Crippen LogP) is 6.70. The Morgan fingerprint density at radius 2 is 1.72 bits per heavy atom. The Kier molecular flexibility index (Phi) is 7.45. The number of ether oxygens (including phenoxy) is 1. The molecule has 1 aromatic carbocycles. The molecule has 2 aromatic rings. The maximum Gasteiger partial charge on any atom is 0.410 e. The smallest absolute Gasteiger partial charge is 0.410 e. The minimum atomic E-state index is -0.488. The zero-order chi connectivity index (χ0) is 26.3. The van der Waals surface area contributed by atoms with Gasteiger partial charge in [-0.3, -0.25) is 4.79 Å². The summed E-state index contributed by atoms with van der Waals surface area (Å²) in [4.78, 5) is 33.8. The largest absolute Gasteiger partial charge is 0.444 e. The zero-order valence-electron chi connectivity index (χ0n) is 23.3. The Morgan fingerprint density at radius 3 is 2.36 bits per heavy atom. The topological polar surface area (TPSA) is 65.6 Å². The number of rotatable bonds is 4. The van der Waals surface area contributed by atoms with Gasteiger partial charge in [0.1, 0.15) is 5.60 Å². The van der Waals surface area contributed by atoms with Crippen molar-refractivity contribution in [3.8, 4) is 0 Å². The summed E-state index contributed by atoms with van der Waals surface area (Å²) in [5.41, 5.74) is 3.42. The van der Waals surface area contributed by atoms with E-state index in [1.54, 1.807) is 4.90 Å². The molecule has 2 heterocycles. The van der Waals surface area contributed by atoms with Crippen molar-refractivity contribution in [3.05, 3.63) is 35.5 Å². The van der Waals surface area contributed by atoms with Crippen molar-refractivity contribution < 1.29 is 14.3 Å². The molecule has 1 aromatic heterocycles. The van der Waals surface area contributed by atoms with E-state index in [0.717, 1.165) is 45.1 Å². The lowest BCUT2D eigenvalue weighted by molar-refractivity contribution is -0.140. The number of hydrogen-bond donors (Lipinski definition) is 1. The number of hydrogen-bond acceptors (Lipinski definition) is 3. The first-order chi connectivity index (χ1) is 16.8. The third-order valence-electron chi connectivity index (χ3n) is 7.68. The molecule has 1 saturated carbocycles. The van der Waals surface area contributed by atoms with Gasteiger partial charge >= 0.3 is 6.09 Å². The van der Waals surface area contributed by atoms with Crippen molar-refractivity contribution in [2.24, 2.45) is 17.3 Å². The number of para-hydroxylation sites is 1. The van der Waals surface area contributed by atoms with E-state index in [1.807, 2.05) is 27.8 Å². The second-order valence-electron chi connectivity index (χ2n) is 13.2. The van der Waals surface area contributed by atoms with Gasteiger partial charge in [0.2, 0.25) is 5.91 Å². The van der Waals surface area contributed by atoms with Gasteiger partial charge in [-0.25, -0.2) is 4.79 Å². The highest BCUT2D eigenvalue weighted by molar-refractivity contribution is 5.86. The number of nitrogens with one attached hydrogen (secondary N) is 1. The average molecular weight is 496 g/mol. The van der Waals surface area contributed by atoms with Gasteiger partial charge in [-0.15, -0.1) is 0 Å². The maximum absolute atomic E-state index is 13.9. The monoisotopic (exact) mass is 495 g/mol. The molecule has 2 amide bonds. The molecule has 1 atom stereocenters. The first-order valence-corrected chi connectivity index (χ1v) is 13.7. The normalized spacial score (nSPS) is 22.9. The molecule has 0 spiro atoms. The summed E-state index contributed by atoms with van der Waals surface area (Å²) in [6.07, 6.45) is 5.30. The molecule has 1 unspecified atom stereocenters. The van der Waals surface area contributed by atoms with E-state index in [0.29, 0.717) is 18.4 Å². The second-order valence-corrected chi connectivity index (χ2v) is 13.2. The van der Waals surface area contributed by atoms with Crippen LogP contribution in [0.4, 0.5) is 4.79 Å². The van der Waals surface area contributed by atoms with Gasteiger partial charge in [-0.05, 0) is 82.3 Å². The zero-order valence-corrected chi connectivity index (χ0v) is 23.3. The van der Waals surface area contributed by atoms with E-state index in [9.17, 15) is 9.59 Å². The molecule has 198 valence electrons. The van der Waals surface area contributed by atoms with Crippen LogP contribution in [0.15, 0.2) is 24.3 Å². The van der Waals surface area contributed by atoms with Gasteiger partial charge in [0.05, 0.1) is 6.04 Å². The fourth-order valence-electron chi connectivity index (χ4n) is 6.00. The van der Waals surface area contributed by atoms with Crippen molar-refractivity contribution >= 4 is 22.9 Å². The molecule has 36 heavy (non-hydrogen) atoms. The minimum absolute atomic E-state index is 0.0708. The highest BCUT2D eigenvalue weighted by Crippen LogP contribution is 2.42. The Bertz CT molecular complexity index is 1080. The van der Waals surface area contributed by atoms with Crippen LogP contribution in [0.5, 0.6) is 0 Å². The minimum Gasteiger partial charge on any atom is -0.444 e. The van der Waals surface area contributed by atoms with Crippen LogP contribution < -0.4 is 0 Å². The molecule has 1 aliphatic heterocycles. The molecule has 6 heteroatoms. The molecule has 0 bridgehead atoms. The summed E-state index contributed by atoms with van der Waals surface area (Å²) < 4.78 is 5.51. The molecule has 1 N–H and O–H groups in total. The van der Waals surface area contributed by atoms with E-state index in [4.69, 9.17) is 4.74 Å². The summed E-state index contributed by atoms with van der Waals surface area (Å²) in [7, 11) is 1.81. The first-order valence-electron chi connectivity index (χ1n) is 13.7. The summed E-state index contributed by atoms with van der Waals surface area (Å²) in [6.45, 7) is 13.9. The van der Waals surface area contributed by atoms with Gasteiger partial charge < -0.3 is 19.5 Å². The molecule has 1 aliphatic carbocycles. The lowest BCUT2D eigenvalue weighted by Crippen LogP contribution is -2.45. The maximum atomic E-state index is 13.9. The van der Waals surface area contributed by atoms with Crippen LogP contribution in [0, 0.1) is 17.3 Å². The average Bonchev–Trinajstić information content (AvgIpc) is 3.17. The number of benzene rings is 1. The summed E-state index contributed by atoms with van der Waals surface area (Å²) in [5, 5.41) is 1.30. The molecule has 4 rings (SSSR count). The number of aromatic amines is 1. The van der Waals surface area contributed by atoms with E-state index in [1.165, 1.54) is 22.2 Å². The quantitative estimate of drug-likeness (QED) is 0.513. The predicted molar refractivity (Wildman–Crippen MR) is 145 cm³/mol. The van der Waals surface area contributed by atoms with Crippen molar-refractivity contribution in [2.45, 2.75) is 91.7 Å². The lowest BCUT2D eigenvalue weighted by Gasteiger charge is -2.42. The van der Waals surface area contributed by atoms with Gasteiger partial charge in [0, 0.05) is 42.7 Å². The molecule has 6 nitrogen and oxygen atoms in total. The number of fused-ring (bicyclic) bond motifs is 3. The third kappa shape index (κ3) is 6.07. The lowest BCUT2D eigenvalue weighted by atomic mass is 9.79. The number of carbonyl (C=O) groups excluding carboxylic acids is 2. The summed E-state index contributed by atoms with van der Waals surface area (Å²) in [6, 6.07) is 8.61. The standard InChI is InChI=1S/C30H45N3O3/c1-29(2,3)18-25-26-23(22-10-8-9-11-24(22)31-26)16-17-33(25)27(34)21-14-12-20(13-15-21)19-32(7)28(35)36-30(4,5)6/h8-11,20-21,25,31H,12-19H2,1-7H3. The fourth-order valence-corrected chi connectivity index (χ4v) is 6.00. The summed E-state index contributed by atoms with van der Waals surface area (Å²) >= 11 is 0. The number of nitrogens with zero attached hydrogens (tertiary/aromatic N) is 2. The first kappa shape index (κ1) is 26.6. The molecule has 1 fully saturated rings. The van der Waals surface area contributed by atoms with Gasteiger partial charge in [-0.2, -0.15) is 0 Å². The van der Waals surface area contributed by atoms with Crippen LogP contribution in [0.2, 0.25) is 0 Å². The van der Waals surface area contributed by atoms with Crippen LogP contribution in [-0.2, 0) is 16.0 Å². The van der Waals surface area contributed by atoms with Crippen LogP contribution >= 0.6 is 0 Å². The van der Waals surface area contributed by atoms with E-state index in [-0.39, 0.29) is 23.5 Å². The molecular formula is C30H45N3O3. The number of amides is 2. The van der Waals surface area contributed by atoms with Crippen molar-refractivity contribution in [2.75, 3.05) is 20.1 Å². The van der Waals surface area contributed by atoms with Crippen molar-refractivity contribution in [1.29, 1.82) is 0 Å². The van der Waals surface area contributed by atoms with E-state index < -0.39 is 5.60 Å². The summed E-state index contributed by atoms with van der Waals surface area (Å²) in [5.74, 6) is 0.799. The number of carbonyl (C=O) groups is 2. The second kappa shape index (κ2) is 10.1. The highest BCUT2D eigenvalue weighted by Gasteiger charge is 2.39. The van der Waals surface area contributed by atoms with Crippen molar-refractivity contribution in [1.82, 2.24) is 14.8 Å². The Labute approximate surface area is 216 Å². The molecular weight excluding hydrogens is 450 g/mol. The molecule has 2 aliphatic rings. The molecule has 0 radical (unpaired) electrons. The van der Waals surface area contributed by atoms with Crippen LogP contribution in [0.1, 0.15) is 90.9 Å². The SMILES string of the molecule is CN(CC1CCC(C(=O)N2CCc3c([nH]c4ccccc34)C2CC(C)(C)C)CC1)C(=O)OC(C)(C)C. The Morgan fingerprint density at radius 1 is 1.06 bits per heavy atom. The molecule has 0 saturated heterocycles. The van der Waals surface area contributed by atoms with Gasteiger partial charge in [-0.1, -0.05) is 39.0 Å². The van der Waals surface area contributed by atoms with Crippen molar-refractivity contribution in [3.63, 3.8) is 0 Å². The van der Waals surface area contributed by atoms with Crippen LogP contribution in [0.25, 0.3) is 10.9 Å². The van der Waals surface area contributed by atoms with Crippen LogP contribution in [0.3, 0.4) is 0 Å². The fraction of sp³-hybridized carbons (Fsp3) is 0.667. The van der Waals surface area contributed by atoms with Crippen LogP contribution in [-0.4, -0.2) is 52.5 Å². The highest BCUT2D eigenvalue weighted by atomic mass is 16.6. The van der Waals surface area contributed by atoms with Gasteiger partial charge in [0.25, 0.3) is 0 Å². The van der Waals surface area contributed by atoms with Gasteiger partial charge in [0.15, 0.2) is 0 Å². The number of H-pyrrole nitrogens is 1. The third-order valence-corrected chi connectivity index (χ3v) is 7.68.